The van der Waals surface area contributed by atoms with Gasteiger partial charge in [0, 0.05) is 12.0 Å². The van der Waals surface area contributed by atoms with Gasteiger partial charge in [-0.15, -0.1) is 0 Å². The first-order valence-electron chi connectivity index (χ1n) is 6.89. The van der Waals surface area contributed by atoms with Gasteiger partial charge in [-0.3, -0.25) is 9.36 Å². The fraction of sp³-hybridized carbons (Fsp3) is 0.188. The summed E-state index contributed by atoms with van der Waals surface area (Å²) in [4.78, 5) is 31.1. The monoisotopic (exact) mass is 336 g/mol. The van der Waals surface area contributed by atoms with Crippen LogP contribution in [0.2, 0.25) is 0 Å². The van der Waals surface area contributed by atoms with E-state index in [1.165, 1.54) is 12.1 Å². The summed E-state index contributed by atoms with van der Waals surface area (Å²) in [7, 11) is -4.62. The highest BCUT2D eigenvalue weighted by molar-refractivity contribution is 7.60. The number of rotatable bonds is 5. The topological polar surface area (TPSA) is 115 Å². The van der Waals surface area contributed by atoms with Crippen molar-refractivity contribution in [2.75, 3.05) is 0 Å². The van der Waals surface area contributed by atoms with Gasteiger partial charge in [-0.2, -0.15) is 0 Å². The number of phenols is 2. The van der Waals surface area contributed by atoms with E-state index in [1.807, 2.05) is 0 Å². The molecule has 0 bridgehead atoms. The third-order valence-corrected chi connectivity index (χ3v) is 4.57. The molecule has 0 saturated carbocycles. The molecule has 0 aliphatic rings. The van der Waals surface area contributed by atoms with E-state index in [0.29, 0.717) is 0 Å². The van der Waals surface area contributed by atoms with Crippen molar-refractivity contribution >= 4 is 18.7 Å². The number of carbonyl (C=O) groups is 1. The van der Waals surface area contributed by atoms with Crippen LogP contribution < -0.4 is 5.30 Å². The van der Waals surface area contributed by atoms with Crippen LogP contribution in [0.25, 0.3) is 0 Å². The number of carbonyl (C=O) groups excluding carboxylic acids is 1. The predicted octanol–water partition coefficient (Wildman–Crippen LogP) is 2.28. The Balaban J connectivity index is 2.29. The van der Waals surface area contributed by atoms with Gasteiger partial charge >= 0.3 is 7.60 Å². The lowest BCUT2D eigenvalue weighted by molar-refractivity contribution is 0.0976. The summed E-state index contributed by atoms with van der Waals surface area (Å²) in [6, 6.07) is 9.64. The molecule has 1 atom stereocenters. The van der Waals surface area contributed by atoms with Gasteiger partial charge in [0.15, 0.2) is 5.78 Å². The van der Waals surface area contributed by atoms with E-state index in [0.717, 1.165) is 23.8 Å². The van der Waals surface area contributed by atoms with E-state index in [1.54, 1.807) is 19.1 Å². The smallest absolute Gasteiger partial charge is 0.356 e. The standard InChI is InChI=1S/C16H17O6P/c1-10(11-2-4-12(17)5-3-11)8-15(19)14-9-13(18)6-7-16(14)23(20,21)22/h2-7,9-10,17-18H,8H2,1H3,(H2,20,21,22). The molecule has 6 nitrogen and oxygen atoms in total. The number of hydrogen-bond acceptors (Lipinski definition) is 4. The summed E-state index contributed by atoms with van der Waals surface area (Å²) in [5, 5.41) is 18.4. The molecule has 0 radical (unpaired) electrons. The molecule has 7 heteroatoms. The Morgan fingerprint density at radius 3 is 2.17 bits per heavy atom. The van der Waals surface area contributed by atoms with Gasteiger partial charge in [0.1, 0.15) is 11.5 Å². The number of phenolic OH excluding ortho intramolecular Hbond substituents is 2. The van der Waals surface area contributed by atoms with Crippen LogP contribution in [-0.4, -0.2) is 25.8 Å². The average Bonchev–Trinajstić information content (AvgIpc) is 2.46. The summed E-state index contributed by atoms with van der Waals surface area (Å²) in [5.74, 6) is -0.804. The highest BCUT2D eigenvalue weighted by Crippen LogP contribution is 2.36. The first-order chi connectivity index (χ1) is 10.7. The first-order valence-corrected chi connectivity index (χ1v) is 8.51. The predicted molar refractivity (Wildman–Crippen MR) is 85.3 cm³/mol. The number of benzene rings is 2. The highest BCUT2D eigenvalue weighted by Gasteiger charge is 2.26. The van der Waals surface area contributed by atoms with Crippen LogP contribution in [0.4, 0.5) is 0 Å². The Labute approximate surface area is 133 Å². The minimum absolute atomic E-state index is 0.0151. The van der Waals surface area contributed by atoms with Gasteiger partial charge < -0.3 is 20.0 Å². The minimum Gasteiger partial charge on any atom is -0.508 e. The lowest BCUT2D eigenvalue weighted by Crippen LogP contribution is -2.17. The first kappa shape index (κ1) is 17.2. The maximum atomic E-state index is 12.4. The minimum atomic E-state index is -4.62. The van der Waals surface area contributed by atoms with Crippen LogP contribution in [0.15, 0.2) is 42.5 Å². The molecule has 1 unspecified atom stereocenters. The zero-order valence-corrected chi connectivity index (χ0v) is 13.3. The molecule has 0 fully saturated rings. The van der Waals surface area contributed by atoms with Crippen molar-refractivity contribution in [1.29, 1.82) is 0 Å². The van der Waals surface area contributed by atoms with Gasteiger partial charge in [0.25, 0.3) is 0 Å². The molecule has 0 heterocycles. The van der Waals surface area contributed by atoms with Crippen molar-refractivity contribution < 1.29 is 29.4 Å². The summed E-state index contributed by atoms with van der Waals surface area (Å²) in [5.41, 5.74) is 0.637. The molecule has 0 saturated heterocycles. The third-order valence-electron chi connectivity index (χ3n) is 3.55. The second-order valence-corrected chi connectivity index (χ2v) is 6.94. The van der Waals surface area contributed by atoms with Crippen molar-refractivity contribution in [2.24, 2.45) is 0 Å². The second kappa shape index (κ2) is 6.54. The quantitative estimate of drug-likeness (QED) is 0.492. The van der Waals surface area contributed by atoms with Gasteiger partial charge in [-0.05, 0) is 41.8 Å². The molecule has 23 heavy (non-hydrogen) atoms. The fourth-order valence-corrected chi connectivity index (χ4v) is 3.08. The normalized spacial score (nSPS) is 12.8. The van der Waals surface area contributed by atoms with Crippen molar-refractivity contribution in [2.45, 2.75) is 19.3 Å². The van der Waals surface area contributed by atoms with Crippen molar-refractivity contribution in [3.8, 4) is 11.5 Å². The Bertz CT molecular complexity index is 763. The molecular weight excluding hydrogens is 319 g/mol. The Morgan fingerprint density at radius 2 is 1.61 bits per heavy atom. The molecule has 0 aromatic heterocycles. The van der Waals surface area contributed by atoms with E-state index in [9.17, 15) is 29.4 Å². The fourth-order valence-electron chi connectivity index (χ4n) is 2.31. The van der Waals surface area contributed by atoms with Crippen LogP contribution in [0.3, 0.4) is 0 Å². The van der Waals surface area contributed by atoms with Crippen LogP contribution in [0.5, 0.6) is 11.5 Å². The zero-order chi connectivity index (χ0) is 17.2. The molecule has 2 aromatic rings. The Kier molecular flexibility index (Phi) is 4.90. The largest absolute Gasteiger partial charge is 0.508 e. The molecule has 0 spiro atoms. The van der Waals surface area contributed by atoms with Gasteiger partial charge in [0.05, 0.1) is 5.30 Å². The van der Waals surface area contributed by atoms with Gasteiger partial charge in [-0.25, -0.2) is 0 Å². The maximum Gasteiger partial charge on any atom is 0.356 e. The number of ketones is 1. The average molecular weight is 336 g/mol. The number of hydrogen-bond donors (Lipinski definition) is 4. The molecule has 2 aromatic carbocycles. The lowest BCUT2D eigenvalue weighted by Gasteiger charge is -2.14. The summed E-state index contributed by atoms with van der Waals surface area (Å²) >= 11 is 0. The van der Waals surface area contributed by atoms with Crippen molar-refractivity contribution in [3.05, 3.63) is 53.6 Å². The highest BCUT2D eigenvalue weighted by atomic mass is 31.2. The van der Waals surface area contributed by atoms with E-state index < -0.39 is 18.7 Å². The second-order valence-electron chi connectivity index (χ2n) is 5.37. The van der Waals surface area contributed by atoms with Crippen LogP contribution in [0, 0.1) is 0 Å². The van der Waals surface area contributed by atoms with Gasteiger partial charge in [0.2, 0.25) is 0 Å². The third kappa shape index (κ3) is 4.20. The van der Waals surface area contributed by atoms with Crippen LogP contribution >= 0.6 is 7.60 Å². The van der Waals surface area contributed by atoms with Crippen molar-refractivity contribution in [1.82, 2.24) is 0 Å². The summed E-state index contributed by atoms with van der Waals surface area (Å²) in [6.07, 6.45) is 0.0151. The number of aromatic hydroxyl groups is 2. The molecule has 4 N–H and O–H groups in total. The summed E-state index contributed by atoms with van der Waals surface area (Å²) < 4.78 is 11.5. The van der Waals surface area contributed by atoms with E-state index in [4.69, 9.17) is 0 Å². The van der Waals surface area contributed by atoms with E-state index in [-0.39, 0.29) is 29.4 Å². The molecule has 0 aliphatic carbocycles. The maximum absolute atomic E-state index is 12.4. The van der Waals surface area contributed by atoms with Crippen molar-refractivity contribution in [3.63, 3.8) is 0 Å². The number of Topliss-reactive ketones (excluding diaryl/α,β-unsaturated/α-hetero) is 1. The molecule has 2 rings (SSSR count). The molecule has 0 amide bonds. The Morgan fingerprint density at radius 1 is 1.04 bits per heavy atom. The van der Waals surface area contributed by atoms with E-state index >= 15 is 0 Å². The molecule has 0 aliphatic heterocycles. The SMILES string of the molecule is CC(CC(=O)c1cc(O)ccc1P(=O)(O)O)c1ccc(O)cc1. The lowest BCUT2D eigenvalue weighted by atomic mass is 9.93. The molecular formula is C16H17O6P. The zero-order valence-electron chi connectivity index (χ0n) is 12.4. The molecule has 122 valence electrons. The van der Waals surface area contributed by atoms with E-state index in [2.05, 4.69) is 0 Å². The summed E-state index contributed by atoms with van der Waals surface area (Å²) in [6.45, 7) is 1.80. The van der Waals surface area contributed by atoms with Gasteiger partial charge in [-0.1, -0.05) is 19.1 Å². The van der Waals surface area contributed by atoms with Crippen LogP contribution in [0.1, 0.15) is 35.2 Å². The Hall–Kier alpha value is -2.14. The van der Waals surface area contributed by atoms with Crippen LogP contribution in [-0.2, 0) is 4.57 Å².